The molecule has 192 valence electrons. The van der Waals surface area contributed by atoms with Crippen LogP contribution in [0.5, 0.6) is 0 Å². The van der Waals surface area contributed by atoms with E-state index in [9.17, 15) is 9.59 Å². The molecule has 1 fully saturated rings. The van der Waals surface area contributed by atoms with E-state index in [2.05, 4.69) is 26.1 Å². The number of benzene rings is 1. The van der Waals surface area contributed by atoms with Crippen molar-refractivity contribution in [2.45, 2.75) is 72.0 Å². The van der Waals surface area contributed by atoms with E-state index in [1.54, 1.807) is 0 Å². The second-order valence-corrected chi connectivity index (χ2v) is 8.74. The summed E-state index contributed by atoms with van der Waals surface area (Å²) in [5.74, 6) is 0.268. The maximum atomic E-state index is 11.8. The summed E-state index contributed by atoms with van der Waals surface area (Å²) in [5, 5.41) is 2.98. The zero-order chi connectivity index (χ0) is 24.8. The number of carbonyl (C=O) groups excluding carboxylic acids is 2. The first-order chi connectivity index (χ1) is 16.4. The first-order valence-electron chi connectivity index (χ1n) is 12.3. The summed E-state index contributed by atoms with van der Waals surface area (Å²) in [6.07, 6.45) is 1.46. The fourth-order valence-corrected chi connectivity index (χ4v) is 4.01. The molecule has 1 amide bonds. The fraction of sp³-hybridized carbons (Fsp3) is 0.692. The smallest absolute Gasteiger partial charge is 0.306 e. The Labute approximate surface area is 203 Å². The number of amides is 1. The Morgan fingerprint density at radius 3 is 2.32 bits per heavy atom. The van der Waals surface area contributed by atoms with E-state index >= 15 is 0 Å². The van der Waals surface area contributed by atoms with Gasteiger partial charge in [-0.1, -0.05) is 51.1 Å². The van der Waals surface area contributed by atoms with Crippen LogP contribution in [0, 0.1) is 11.8 Å². The number of hydrogen-bond donors (Lipinski definition) is 1. The van der Waals surface area contributed by atoms with E-state index in [1.807, 2.05) is 30.3 Å². The van der Waals surface area contributed by atoms with Crippen LogP contribution in [-0.2, 0) is 39.9 Å². The molecule has 1 N–H and O–H groups in total. The molecule has 0 bridgehead atoms. The molecule has 2 rings (SSSR count). The third kappa shape index (κ3) is 10.1. The van der Waals surface area contributed by atoms with Crippen LogP contribution in [0.1, 0.15) is 52.5 Å². The first-order valence-corrected chi connectivity index (χ1v) is 12.3. The van der Waals surface area contributed by atoms with Crippen LogP contribution in [-0.4, -0.2) is 63.3 Å². The monoisotopic (exact) mass is 479 g/mol. The SMILES string of the molecule is CC[C@H]1OC(OCCOCCOCCCC(=O)OCc2ccccc2)[C@H](NC(C)=O)[C@@H](C)[C@H]1C. The lowest BCUT2D eigenvalue weighted by Gasteiger charge is -2.44. The summed E-state index contributed by atoms with van der Waals surface area (Å²) in [5.41, 5.74) is 0.975. The summed E-state index contributed by atoms with van der Waals surface area (Å²) >= 11 is 0. The van der Waals surface area contributed by atoms with Gasteiger partial charge in [-0.15, -0.1) is 0 Å². The zero-order valence-electron chi connectivity index (χ0n) is 21.0. The summed E-state index contributed by atoms with van der Waals surface area (Å²) in [6, 6.07) is 9.43. The van der Waals surface area contributed by atoms with Crippen molar-refractivity contribution in [1.82, 2.24) is 5.32 Å². The summed E-state index contributed by atoms with van der Waals surface area (Å²) in [6.45, 7) is 10.3. The predicted octanol–water partition coefficient (Wildman–Crippen LogP) is 3.47. The van der Waals surface area contributed by atoms with Gasteiger partial charge in [-0.2, -0.15) is 0 Å². The van der Waals surface area contributed by atoms with Crippen LogP contribution in [0.2, 0.25) is 0 Å². The van der Waals surface area contributed by atoms with Gasteiger partial charge in [0.25, 0.3) is 0 Å². The van der Waals surface area contributed by atoms with Crippen LogP contribution < -0.4 is 5.32 Å². The normalized spacial score (nSPS) is 24.5. The average Bonchev–Trinajstić information content (AvgIpc) is 2.83. The molecular weight excluding hydrogens is 438 g/mol. The number of rotatable bonds is 15. The van der Waals surface area contributed by atoms with Gasteiger partial charge in [-0.3, -0.25) is 9.59 Å². The molecule has 0 radical (unpaired) electrons. The minimum absolute atomic E-state index is 0.0888. The van der Waals surface area contributed by atoms with Gasteiger partial charge in [0, 0.05) is 20.0 Å². The molecule has 0 saturated carbocycles. The van der Waals surface area contributed by atoms with Crippen LogP contribution in [0.15, 0.2) is 30.3 Å². The maximum Gasteiger partial charge on any atom is 0.306 e. The van der Waals surface area contributed by atoms with Gasteiger partial charge < -0.3 is 29.0 Å². The highest BCUT2D eigenvalue weighted by Crippen LogP contribution is 2.32. The van der Waals surface area contributed by atoms with Crippen molar-refractivity contribution in [2.75, 3.05) is 33.0 Å². The van der Waals surface area contributed by atoms with Crippen molar-refractivity contribution >= 4 is 11.9 Å². The molecule has 0 aliphatic carbocycles. The molecule has 5 atom stereocenters. The zero-order valence-corrected chi connectivity index (χ0v) is 21.0. The summed E-state index contributed by atoms with van der Waals surface area (Å²) < 4.78 is 28.4. The van der Waals surface area contributed by atoms with Crippen LogP contribution in [0.4, 0.5) is 0 Å². The Morgan fingerprint density at radius 2 is 1.65 bits per heavy atom. The van der Waals surface area contributed by atoms with Crippen molar-refractivity contribution in [2.24, 2.45) is 11.8 Å². The van der Waals surface area contributed by atoms with Crippen LogP contribution >= 0.6 is 0 Å². The fourth-order valence-electron chi connectivity index (χ4n) is 4.01. The number of ether oxygens (including phenoxy) is 5. The molecule has 1 aromatic carbocycles. The lowest BCUT2D eigenvalue weighted by molar-refractivity contribution is -0.239. The minimum atomic E-state index is -0.485. The topological polar surface area (TPSA) is 92.3 Å². The Kier molecular flexibility index (Phi) is 13.1. The summed E-state index contributed by atoms with van der Waals surface area (Å²) in [4.78, 5) is 23.4. The molecule has 34 heavy (non-hydrogen) atoms. The van der Waals surface area contributed by atoms with Gasteiger partial charge in [-0.05, 0) is 30.2 Å². The maximum absolute atomic E-state index is 11.8. The quantitative estimate of drug-likeness (QED) is 0.304. The third-order valence-corrected chi connectivity index (χ3v) is 6.15. The lowest BCUT2D eigenvalue weighted by atomic mass is 9.81. The summed E-state index contributed by atoms with van der Waals surface area (Å²) in [7, 11) is 0. The van der Waals surface area contributed by atoms with E-state index in [0.29, 0.717) is 58.4 Å². The second-order valence-electron chi connectivity index (χ2n) is 8.74. The van der Waals surface area contributed by atoms with Crippen molar-refractivity contribution < 1.29 is 33.3 Å². The highest BCUT2D eigenvalue weighted by atomic mass is 16.7. The Balaban J connectivity index is 1.51. The lowest BCUT2D eigenvalue weighted by Crippen LogP contribution is -2.57. The molecule has 1 aromatic rings. The number of nitrogens with one attached hydrogen (secondary N) is 1. The highest BCUT2D eigenvalue weighted by Gasteiger charge is 2.41. The molecule has 0 spiro atoms. The van der Waals surface area contributed by atoms with Gasteiger partial charge in [0.1, 0.15) is 6.61 Å². The van der Waals surface area contributed by atoms with E-state index in [0.717, 1.165) is 12.0 Å². The highest BCUT2D eigenvalue weighted by molar-refractivity contribution is 5.73. The molecular formula is C26H41NO7. The van der Waals surface area contributed by atoms with Crippen molar-refractivity contribution in [3.63, 3.8) is 0 Å². The molecule has 1 aliphatic heterocycles. The van der Waals surface area contributed by atoms with E-state index in [-0.39, 0.29) is 29.9 Å². The first kappa shape index (κ1) is 28.2. The number of hydrogen-bond acceptors (Lipinski definition) is 7. The Hall–Kier alpha value is -2.00. The minimum Gasteiger partial charge on any atom is -0.461 e. The Morgan fingerprint density at radius 1 is 0.971 bits per heavy atom. The molecule has 1 aliphatic rings. The van der Waals surface area contributed by atoms with Gasteiger partial charge in [0.15, 0.2) is 6.29 Å². The van der Waals surface area contributed by atoms with Gasteiger partial charge in [0.05, 0.1) is 38.6 Å². The number of carbonyl (C=O) groups is 2. The van der Waals surface area contributed by atoms with E-state index in [4.69, 9.17) is 23.7 Å². The second kappa shape index (κ2) is 15.8. The predicted molar refractivity (Wildman–Crippen MR) is 128 cm³/mol. The molecule has 1 saturated heterocycles. The average molecular weight is 480 g/mol. The van der Waals surface area contributed by atoms with E-state index in [1.165, 1.54) is 6.92 Å². The van der Waals surface area contributed by atoms with E-state index < -0.39 is 6.29 Å². The molecule has 0 aromatic heterocycles. The van der Waals surface area contributed by atoms with Gasteiger partial charge in [0.2, 0.25) is 5.91 Å². The Bertz CT molecular complexity index is 714. The van der Waals surface area contributed by atoms with Crippen molar-refractivity contribution in [3.8, 4) is 0 Å². The van der Waals surface area contributed by atoms with Gasteiger partial charge in [-0.25, -0.2) is 0 Å². The largest absolute Gasteiger partial charge is 0.461 e. The van der Waals surface area contributed by atoms with Gasteiger partial charge >= 0.3 is 5.97 Å². The van der Waals surface area contributed by atoms with Crippen LogP contribution in [0.3, 0.4) is 0 Å². The number of esters is 1. The third-order valence-electron chi connectivity index (χ3n) is 6.15. The molecule has 8 heteroatoms. The van der Waals surface area contributed by atoms with Crippen molar-refractivity contribution in [1.29, 1.82) is 0 Å². The molecule has 8 nitrogen and oxygen atoms in total. The standard InChI is InChI=1S/C26H41NO7/c1-5-23-19(2)20(3)25(27-21(4)28)26(34-23)32-17-16-31-15-14-30-13-9-12-24(29)33-18-22-10-7-6-8-11-22/h6-8,10-11,19-20,23,25-26H,5,9,12-18H2,1-4H3,(H,27,28)/t19-,20+,23-,25-,26?/m1/s1. The van der Waals surface area contributed by atoms with Crippen molar-refractivity contribution in [3.05, 3.63) is 35.9 Å². The van der Waals surface area contributed by atoms with Crippen LogP contribution in [0.25, 0.3) is 0 Å². The molecule has 1 unspecified atom stereocenters. The molecule has 1 heterocycles.